The molecule has 1 aliphatic heterocycles. The van der Waals surface area contributed by atoms with Crippen molar-refractivity contribution in [2.45, 2.75) is 44.9 Å². The minimum absolute atomic E-state index is 0.105. The van der Waals surface area contributed by atoms with Gasteiger partial charge in [0.2, 0.25) is 0 Å². The number of piperidine rings is 1. The van der Waals surface area contributed by atoms with Gasteiger partial charge in [0, 0.05) is 25.1 Å². The van der Waals surface area contributed by atoms with Crippen LogP contribution in [0.1, 0.15) is 43.9 Å². The van der Waals surface area contributed by atoms with Crippen molar-refractivity contribution in [3.8, 4) is 5.75 Å². The molecule has 1 aromatic heterocycles. The van der Waals surface area contributed by atoms with E-state index in [0.717, 1.165) is 11.8 Å². The number of carbonyl (C=O) groups is 1. The van der Waals surface area contributed by atoms with Crippen LogP contribution < -0.4 is 10.1 Å². The van der Waals surface area contributed by atoms with Crippen LogP contribution in [0.5, 0.6) is 5.75 Å². The Labute approximate surface area is 160 Å². The fourth-order valence-electron chi connectivity index (χ4n) is 3.22. The molecule has 3 rings (SSSR count). The molecule has 0 spiro atoms. The molecule has 0 aliphatic carbocycles. The van der Waals surface area contributed by atoms with Crippen molar-refractivity contribution in [3.05, 3.63) is 41.8 Å². The molecule has 1 aromatic carbocycles. The van der Waals surface area contributed by atoms with Crippen LogP contribution in [0.25, 0.3) is 0 Å². The number of nitrogens with one attached hydrogen (secondary N) is 1. The number of nitrogens with zero attached hydrogens (tertiary/aromatic N) is 2. The van der Waals surface area contributed by atoms with Gasteiger partial charge in [-0.15, -0.1) is 0 Å². The number of carbonyl (C=O) groups excluding carboxylic acids is 1. The van der Waals surface area contributed by atoms with E-state index in [9.17, 15) is 18.0 Å². The molecule has 0 unspecified atom stereocenters. The maximum atomic E-state index is 13.4. The van der Waals surface area contributed by atoms with Gasteiger partial charge >= 0.3 is 12.2 Å². The van der Waals surface area contributed by atoms with Crippen LogP contribution in [0.2, 0.25) is 0 Å². The predicted molar refractivity (Wildman–Crippen MR) is 96.3 cm³/mol. The number of rotatable bonds is 4. The van der Waals surface area contributed by atoms with E-state index >= 15 is 0 Å². The Balaban J connectivity index is 1.68. The van der Waals surface area contributed by atoms with Crippen molar-refractivity contribution in [3.63, 3.8) is 0 Å². The molecule has 1 N–H and O–H groups in total. The number of urea groups is 1. The van der Waals surface area contributed by atoms with Crippen LogP contribution in [0.4, 0.5) is 23.7 Å². The van der Waals surface area contributed by atoms with Gasteiger partial charge in [-0.1, -0.05) is 5.16 Å². The largest absolute Gasteiger partial charge is 0.491 e. The Morgan fingerprint density at radius 2 is 2.00 bits per heavy atom. The molecule has 152 valence electrons. The average Bonchev–Trinajstić information content (AvgIpc) is 3.16. The van der Waals surface area contributed by atoms with E-state index in [1.165, 1.54) is 23.3 Å². The normalized spacial score (nSPS) is 15.7. The summed E-state index contributed by atoms with van der Waals surface area (Å²) in [7, 11) is 0. The van der Waals surface area contributed by atoms with E-state index < -0.39 is 17.8 Å². The quantitative estimate of drug-likeness (QED) is 0.798. The van der Waals surface area contributed by atoms with Crippen molar-refractivity contribution >= 4 is 11.7 Å². The molecule has 1 saturated heterocycles. The summed E-state index contributed by atoms with van der Waals surface area (Å²) in [5.74, 6) is 0.287. The van der Waals surface area contributed by atoms with Crippen LogP contribution >= 0.6 is 0 Å². The van der Waals surface area contributed by atoms with E-state index in [-0.39, 0.29) is 23.5 Å². The molecule has 1 aliphatic rings. The predicted octanol–water partition coefficient (Wildman–Crippen LogP) is 4.89. The van der Waals surface area contributed by atoms with Crippen LogP contribution in [0.15, 0.2) is 35.1 Å². The van der Waals surface area contributed by atoms with Gasteiger partial charge in [0.1, 0.15) is 12.0 Å². The fourth-order valence-corrected chi connectivity index (χ4v) is 3.22. The summed E-state index contributed by atoms with van der Waals surface area (Å²) in [5, 5.41) is 6.31. The van der Waals surface area contributed by atoms with Gasteiger partial charge in [-0.05, 0) is 44.9 Å². The smallest absolute Gasteiger partial charge is 0.418 e. The highest BCUT2D eigenvalue weighted by atomic mass is 19.4. The van der Waals surface area contributed by atoms with E-state index in [1.54, 1.807) is 19.9 Å². The number of benzene rings is 1. The summed E-state index contributed by atoms with van der Waals surface area (Å²) in [6, 6.07) is 4.78. The highest BCUT2D eigenvalue weighted by Gasteiger charge is 2.35. The van der Waals surface area contributed by atoms with Gasteiger partial charge in [0.25, 0.3) is 0 Å². The SMILES string of the molecule is CC(C)Oc1ccc(NC(=O)N2CCC(c3ccon3)CC2)c(C(F)(F)F)c1. The Morgan fingerprint density at radius 1 is 1.29 bits per heavy atom. The van der Waals surface area contributed by atoms with Crippen molar-refractivity contribution in [1.29, 1.82) is 0 Å². The van der Waals surface area contributed by atoms with Crippen LogP contribution in [0, 0.1) is 0 Å². The first-order valence-corrected chi connectivity index (χ1v) is 9.08. The standard InChI is InChI=1S/C19H22F3N3O3/c1-12(2)28-14-3-4-17(15(11-14)19(20,21)22)23-18(26)25-8-5-13(6-9-25)16-7-10-27-24-16/h3-4,7,10-13H,5-6,8-9H2,1-2H3,(H,23,26). The van der Waals surface area contributed by atoms with Gasteiger partial charge in [0.15, 0.2) is 0 Å². The van der Waals surface area contributed by atoms with Gasteiger partial charge in [-0.2, -0.15) is 13.2 Å². The molecule has 2 aromatic rings. The molecule has 9 heteroatoms. The first-order valence-electron chi connectivity index (χ1n) is 9.08. The Hall–Kier alpha value is -2.71. The molecule has 2 heterocycles. The topological polar surface area (TPSA) is 67.6 Å². The second kappa shape index (κ2) is 8.12. The molecule has 2 amide bonds. The monoisotopic (exact) mass is 397 g/mol. The van der Waals surface area contributed by atoms with Gasteiger partial charge in [-0.25, -0.2) is 4.79 Å². The first kappa shape index (κ1) is 20.0. The molecular formula is C19H22F3N3O3. The van der Waals surface area contributed by atoms with E-state index in [1.807, 2.05) is 0 Å². The van der Waals surface area contributed by atoms with Crippen molar-refractivity contribution in [2.75, 3.05) is 18.4 Å². The number of halogens is 3. The first-order chi connectivity index (χ1) is 13.2. The van der Waals surface area contributed by atoms with E-state index in [2.05, 4.69) is 10.5 Å². The highest BCUT2D eigenvalue weighted by molar-refractivity contribution is 5.90. The number of anilines is 1. The maximum absolute atomic E-state index is 13.4. The molecule has 0 saturated carbocycles. The Bertz CT molecular complexity index is 798. The minimum atomic E-state index is -4.61. The lowest BCUT2D eigenvalue weighted by molar-refractivity contribution is -0.137. The molecule has 1 fully saturated rings. The van der Waals surface area contributed by atoms with E-state index in [4.69, 9.17) is 9.26 Å². The van der Waals surface area contributed by atoms with Gasteiger partial charge in [-0.3, -0.25) is 0 Å². The number of hydrogen-bond donors (Lipinski definition) is 1. The molecule has 0 radical (unpaired) electrons. The summed E-state index contributed by atoms with van der Waals surface area (Å²) < 4.78 is 50.5. The summed E-state index contributed by atoms with van der Waals surface area (Å²) in [6.45, 7) is 4.32. The number of likely N-dealkylation sites (tertiary alicyclic amines) is 1. The third kappa shape index (κ3) is 4.76. The third-order valence-electron chi connectivity index (χ3n) is 4.57. The zero-order valence-corrected chi connectivity index (χ0v) is 15.6. The number of aromatic nitrogens is 1. The lowest BCUT2D eigenvalue weighted by atomic mass is 9.94. The second-order valence-corrected chi connectivity index (χ2v) is 6.99. The third-order valence-corrected chi connectivity index (χ3v) is 4.57. The average molecular weight is 397 g/mol. The molecular weight excluding hydrogens is 375 g/mol. The summed E-state index contributed by atoms with van der Waals surface area (Å²) in [5.41, 5.74) is -0.385. The van der Waals surface area contributed by atoms with Gasteiger partial charge < -0.3 is 19.5 Å². The minimum Gasteiger partial charge on any atom is -0.491 e. The number of hydrogen-bond acceptors (Lipinski definition) is 4. The summed E-state index contributed by atoms with van der Waals surface area (Å²) in [4.78, 5) is 14.0. The lowest BCUT2D eigenvalue weighted by Gasteiger charge is -2.31. The van der Waals surface area contributed by atoms with Crippen molar-refractivity contribution in [2.24, 2.45) is 0 Å². The molecule has 6 nitrogen and oxygen atoms in total. The summed E-state index contributed by atoms with van der Waals surface area (Å²) in [6.07, 6.45) is -2.02. The fraction of sp³-hybridized carbons (Fsp3) is 0.474. The van der Waals surface area contributed by atoms with Gasteiger partial charge in [0.05, 0.1) is 23.0 Å². The second-order valence-electron chi connectivity index (χ2n) is 6.99. The summed E-state index contributed by atoms with van der Waals surface area (Å²) >= 11 is 0. The van der Waals surface area contributed by atoms with Crippen molar-refractivity contribution < 1.29 is 27.2 Å². The molecule has 0 atom stereocenters. The number of amides is 2. The van der Waals surface area contributed by atoms with Crippen LogP contribution in [-0.4, -0.2) is 35.3 Å². The zero-order chi connectivity index (χ0) is 20.3. The Kier molecular flexibility index (Phi) is 5.81. The van der Waals surface area contributed by atoms with Crippen LogP contribution in [-0.2, 0) is 6.18 Å². The highest BCUT2D eigenvalue weighted by Crippen LogP contribution is 2.37. The number of alkyl halides is 3. The molecule has 0 bridgehead atoms. The maximum Gasteiger partial charge on any atom is 0.418 e. The lowest BCUT2D eigenvalue weighted by Crippen LogP contribution is -2.40. The molecule has 28 heavy (non-hydrogen) atoms. The van der Waals surface area contributed by atoms with E-state index in [0.29, 0.717) is 25.9 Å². The Morgan fingerprint density at radius 3 is 2.57 bits per heavy atom. The number of ether oxygens (including phenoxy) is 1. The van der Waals surface area contributed by atoms with Crippen LogP contribution in [0.3, 0.4) is 0 Å². The zero-order valence-electron chi connectivity index (χ0n) is 15.6. The van der Waals surface area contributed by atoms with Crippen molar-refractivity contribution in [1.82, 2.24) is 10.1 Å².